The predicted octanol–water partition coefficient (Wildman–Crippen LogP) is 1.29. The molecule has 1 aromatic heterocycles. The fraction of sp³-hybridized carbons (Fsp3) is 0.600. The summed E-state index contributed by atoms with van der Waals surface area (Å²) in [6.45, 7) is 7.82. The number of carbonyl (C=O) groups excluding carboxylic acids is 1. The minimum Gasteiger partial charge on any atom is -0.465 e. The first kappa shape index (κ1) is 14.9. The van der Waals surface area contributed by atoms with Gasteiger partial charge in [0.2, 0.25) is 0 Å². The lowest BCUT2D eigenvalue weighted by atomic mass is 10.1. The van der Waals surface area contributed by atoms with E-state index in [-0.39, 0.29) is 12.0 Å². The Kier molecular flexibility index (Phi) is 5.49. The van der Waals surface area contributed by atoms with Gasteiger partial charge in [-0.05, 0) is 38.4 Å². The Balaban J connectivity index is 2.23. The highest BCUT2D eigenvalue weighted by molar-refractivity contribution is 5.77. The third-order valence-corrected chi connectivity index (χ3v) is 3.50. The van der Waals surface area contributed by atoms with E-state index in [9.17, 15) is 4.79 Å². The summed E-state index contributed by atoms with van der Waals surface area (Å²) in [7, 11) is 0. The molecule has 0 saturated carbocycles. The molecule has 2 rings (SSSR count). The topological polar surface area (TPSA) is 54.5 Å². The van der Waals surface area contributed by atoms with Crippen molar-refractivity contribution < 1.29 is 9.53 Å². The number of pyridine rings is 1. The number of rotatable bonds is 4. The van der Waals surface area contributed by atoms with Crippen molar-refractivity contribution in [2.75, 3.05) is 32.8 Å². The molecule has 1 unspecified atom stereocenters. The van der Waals surface area contributed by atoms with Crippen LogP contribution >= 0.6 is 0 Å². The number of ether oxygens (including phenoxy) is 1. The van der Waals surface area contributed by atoms with E-state index >= 15 is 0 Å². The van der Waals surface area contributed by atoms with Gasteiger partial charge in [0.25, 0.3) is 0 Å². The lowest BCUT2D eigenvalue weighted by Gasteiger charge is -2.28. The molecule has 1 aliphatic rings. The first-order chi connectivity index (χ1) is 9.72. The van der Waals surface area contributed by atoms with Gasteiger partial charge in [0.15, 0.2) is 0 Å². The van der Waals surface area contributed by atoms with Crippen LogP contribution in [0.2, 0.25) is 0 Å². The molecule has 0 bridgehead atoms. The number of nitrogens with one attached hydrogen (secondary N) is 1. The van der Waals surface area contributed by atoms with Crippen LogP contribution < -0.4 is 5.32 Å². The fourth-order valence-electron chi connectivity index (χ4n) is 2.48. The molecule has 1 aliphatic heterocycles. The number of hydrogen-bond donors (Lipinski definition) is 1. The zero-order valence-corrected chi connectivity index (χ0v) is 12.3. The molecule has 0 amide bonds. The summed E-state index contributed by atoms with van der Waals surface area (Å²) in [5.41, 5.74) is 1.87. The van der Waals surface area contributed by atoms with Crippen LogP contribution in [0, 0.1) is 6.92 Å². The van der Waals surface area contributed by atoms with Crippen LogP contribution in [0.15, 0.2) is 18.3 Å². The van der Waals surface area contributed by atoms with Crippen molar-refractivity contribution in [1.29, 1.82) is 0 Å². The van der Waals surface area contributed by atoms with Gasteiger partial charge >= 0.3 is 5.97 Å². The molecule has 5 heteroatoms. The molecule has 0 aliphatic carbocycles. The quantitative estimate of drug-likeness (QED) is 0.841. The third-order valence-electron chi connectivity index (χ3n) is 3.50. The number of esters is 1. The summed E-state index contributed by atoms with van der Waals surface area (Å²) in [5, 5.41) is 3.35. The maximum absolute atomic E-state index is 12.3. The molecule has 0 radical (unpaired) electrons. The van der Waals surface area contributed by atoms with Gasteiger partial charge < -0.3 is 10.1 Å². The first-order valence-corrected chi connectivity index (χ1v) is 7.26. The highest BCUT2D eigenvalue weighted by Gasteiger charge is 2.29. The monoisotopic (exact) mass is 277 g/mol. The van der Waals surface area contributed by atoms with E-state index in [4.69, 9.17) is 4.74 Å². The second kappa shape index (κ2) is 7.36. The minimum atomic E-state index is -0.344. The Morgan fingerprint density at radius 2 is 2.30 bits per heavy atom. The summed E-state index contributed by atoms with van der Waals surface area (Å²) in [6, 6.07) is 3.57. The third kappa shape index (κ3) is 3.77. The number of aryl methyl sites for hydroxylation is 1. The SMILES string of the molecule is CCOC(=O)C(c1ccc(C)nc1)N1CCCNCC1. The van der Waals surface area contributed by atoms with Crippen LogP contribution in [-0.4, -0.2) is 48.6 Å². The largest absolute Gasteiger partial charge is 0.465 e. The molecule has 1 aromatic rings. The molecule has 0 aromatic carbocycles. The molecule has 20 heavy (non-hydrogen) atoms. The molecule has 1 atom stereocenters. The zero-order valence-electron chi connectivity index (χ0n) is 12.3. The van der Waals surface area contributed by atoms with Gasteiger partial charge in [-0.1, -0.05) is 6.07 Å². The van der Waals surface area contributed by atoms with E-state index in [0.717, 1.165) is 43.9 Å². The molecule has 2 heterocycles. The van der Waals surface area contributed by atoms with E-state index in [1.807, 2.05) is 26.0 Å². The number of nitrogens with zero attached hydrogens (tertiary/aromatic N) is 2. The van der Waals surface area contributed by atoms with Gasteiger partial charge in [0.05, 0.1) is 6.61 Å². The molecule has 0 spiro atoms. The number of hydrogen-bond acceptors (Lipinski definition) is 5. The maximum Gasteiger partial charge on any atom is 0.328 e. The van der Waals surface area contributed by atoms with Gasteiger partial charge in [-0.25, -0.2) is 4.79 Å². The van der Waals surface area contributed by atoms with Gasteiger partial charge in [0, 0.05) is 31.5 Å². The van der Waals surface area contributed by atoms with Gasteiger partial charge in [-0.2, -0.15) is 0 Å². The number of carbonyl (C=O) groups is 1. The van der Waals surface area contributed by atoms with Crippen molar-refractivity contribution >= 4 is 5.97 Å². The first-order valence-electron chi connectivity index (χ1n) is 7.26. The van der Waals surface area contributed by atoms with E-state index in [1.165, 1.54) is 0 Å². The molecule has 1 saturated heterocycles. The molecule has 110 valence electrons. The minimum absolute atomic E-state index is 0.181. The van der Waals surface area contributed by atoms with Gasteiger partial charge in [0.1, 0.15) is 6.04 Å². The summed E-state index contributed by atoms with van der Waals surface area (Å²) < 4.78 is 5.25. The van der Waals surface area contributed by atoms with E-state index in [2.05, 4.69) is 15.2 Å². The summed E-state index contributed by atoms with van der Waals surface area (Å²) in [4.78, 5) is 18.8. The van der Waals surface area contributed by atoms with Crippen molar-refractivity contribution in [3.8, 4) is 0 Å². The van der Waals surface area contributed by atoms with E-state index < -0.39 is 0 Å². The predicted molar refractivity (Wildman–Crippen MR) is 77.4 cm³/mol. The Labute approximate surface area is 120 Å². The lowest BCUT2D eigenvalue weighted by Crippen LogP contribution is -2.37. The van der Waals surface area contributed by atoms with Crippen molar-refractivity contribution in [2.45, 2.75) is 26.3 Å². The fourth-order valence-corrected chi connectivity index (χ4v) is 2.48. The smallest absolute Gasteiger partial charge is 0.328 e. The normalized spacial score (nSPS) is 18.3. The maximum atomic E-state index is 12.3. The van der Waals surface area contributed by atoms with Crippen molar-refractivity contribution in [1.82, 2.24) is 15.2 Å². The van der Waals surface area contributed by atoms with Crippen molar-refractivity contribution in [2.24, 2.45) is 0 Å². The van der Waals surface area contributed by atoms with E-state index in [0.29, 0.717) is 6.61 Å². The number of aromatic nitrogens is 1. The zero-order chi connectivity index (χ0) is 14.4. The Morgan fingerprint density at radius 1 is 1.45 bits per heavy atom. The Bertz CT molecular complexity index is 425. The second-order valence-corrected chi connectivity index (χ2v) is 5.03. The van der Waals surface area contributed by atoms with Crippen LogP contribution in [0.25, 0.3) is 0 Å². The summed E-state index contributed by atoms with van der Waals surface area (Å²) in [6.07, 6.45) is 2.82. The average molecular weight is 277 g/mol. The van der Waals surface area contributed by atoms with Gasteiger partial charge in [-0.15, -0.1) is 0 Å². The molecular formula is C15H23N3O2. The standard InChI is InChI=1S/C15H23N3O2/c1-3-20-15(19)14(13-6-5-12(2)17-11-13)18-9-4-7-16-8-10-18/h5-6,11,14,16H,3-4,7-10H2,1-2H3. The van der Waals surface area contributed by atoms with Crippen LogP contribution in [0.1, 0.15) is 30.6 Å². The Morgan fingerprint density at radius 3 is 3.00 bits per heavy atom. The molecule has 1 fully saturated rings. The van der Waals surface area contributed by atoms with Crippen molar-refractivity contribution in [3.05, 3.63) is 29.6 Å². The van der Waals surface area contributed by atoms with Crippen LogP contribution in [0.4, 0.5) is 0 Å². The second-order valence-electron chi connectivity index (χ2n) is 5.03. The van der Waals surface area contributed by atoms with E-state index in [1.54, 1.807) is 6.20 Å². The molecule has 1 N–H and O–H groups in total. The van der Waals surface area contributed by atoms with Crippen molar-refractivity contribution in [3.63, 3.8) is 0 Å². The molecular weight excluding hydrogens is 254 g/mol. The molecule has 5 nitrogen and oxygen atoms in total. The highest BCUT2D eigenvalue weighted by Crippen LogP contribution is 2.22. The average Bonchev–Trinajstić information content (AvgIpc) is 2.71. The summed E-state index contributed by atoms with van der Waals surface area (Å²) >= 11 is 0. The highest BCUT2D eigenvalue weighted by atomic mass is 16.5. The van der Waals surface area contributed by atoms with Gasteiger partial charge in [-0.3, -0.25) is 9.88 Å². The van der Waals surface area contributed by atoms with Crippen LogP contribution in [0.3, 0.4) is 0 Å². The van der Waals surface area contributed by atoms with Crippen LogP contribution in [-0.2, 0) is 9.53 Å². The summed E-state index contributed by atoms with van der Waals surface area (Å²) in [5.74, 6) is -0.181. The van der Waals surface area contributed by atoms with Crippen LogP contribution in [0.5, 0.6) is 0 Å². The Hall–Kier alpha value is -1.46. The lowest BCUT2D eigenvalue weighted by molar-refractivity contribution is -0.149.